The molecule has 1 unspecified atom stereocenters. The van der Waals surface area contributed by atoms with E-state index in [-0.39, 0.29) is 18.5 Å². The van der Waals surface area contributed by atoms with E-state index in [1.165, 1.54) is 5.56 Å². The summed E-state index contributed by atoms with van der Waals surface area (Å²) in [5.74, 6) is -0.719. The Morgan fingerprint density at radius 2 is 1.70 bits per heavy atom. The molecule has 30 heavy (non-hydrogen) atoms. The number of imide groups is 1. The van der Waals surface area contributed by atoms with Gasteiger partial charge in [0.15, 0.2) is 0 Å². The van der Waals surface area contributed by atoms with Gasteiger partial charge in [-0.25, -0.2) is 4.79 Å². The fraction of sp³-hybridized carbons (Fsp3) is 0.375. The van der Waals surface area contributed by atoms with Gasteiger partial charge in [-0.05, 0) is 50.5 Å². The van der Waals surface area contributed by atoms with Gasteiger partial charge < -0.3 is 10.2 Å². The van der Waals surface area contributed by atoms with E-state index in [9.17, 15) is 14.4 Å². The Morgan fingerprint density at radius 1 is 1.07 bits per heavy atom. The number of aryl methyl sites for hydroxylation is 1. The lowest BCUT2D eigenvalue weighted by molar-refractivity contribution is -0.134. The summed E-state index contributed by atoms with van der Waals surface area (Å²) in [6.45, 7) is 7.30. The molecule has 0 bridgehead atoms. The second-order valence-electron chi connectivity index (χ2n) is 8.09. The number of anilines is 1. The van der Waals surface area contributed by atoms with Crippen LogP contribution in [0.15, 0.2) is 54.6 Å². The molecule has 0 aromatic heterocycles. The lowest BCUT2D eigenvalue weighted by Gasteiger charge is -2.28. The fourth-order valence-corrected chi connectivity index (χ4v) is 3.86. The van der Waals surface area contributed by atoms with E-state index in [0.29, 0.717) is 5.56 Å². The maximum atomic E-state index is 13.2. The smallest absolute Gasteiger partial charge is 0.319 e. The molecular weight excluding hydrogens is 378 g/mol. The molecule has 3 rings (SSSR count). The molecule has 1 atom stereocenters. The topological polar surface area (TPSA) is 69.7 Å². The Balaban J connectivity index is 1.81. The third-order valence-electron chi connectivity index (χ3n) is 5.46. The van der Waals surface area contributed by atoms with Crippen LogP contribution < -0.4 is 10.2 Å². The zero-order chi connectivity index (χ0) is 21.9. The first-order valence-corrected chi connectivity index (χ1v) is 10.4. The highest BCUT2D eigenvalue weighted by Crippen LogP contribution is 2.29. The number of hydrogen-bond acceptors (Lipinski definition) is 3. The van der Waals surface area contributed by atoms with Crippen molar-refractivity contribution in [3.05, 3.63) is 65.7 Å². The summed E-state index contributed by atoms with van der Waals surface area (Å²) in [6.07, 6.45) is 2.00. The minimum atomic E-state index is -1.18. The first kappa shape index (κ1) is 21.6. The summed E-state index contributed by atoms with van der Waals surface area (Å²) in [7, 11) is 0. The normalized spacial score (nSPS) is 18.6. The molecule has 1 fully saturated rings. The molecule has 2 aromatic carbocycles. The van der Waals surface area contributed by atoms with Crippen molar-refractivity contribution in [2.75, 3.05) is 11.4 Å². The maximum absolute atomic E-state index is 13.2. The summed E-state index contributed by atoms with van der Waals surface area (Å²) < 4.78 is 0. The molecule has 0 radical (unpaired) electrons. The second kappa shape index (κ2) is 8.69. The van der Waals surface area contributed by atoms with Crippen LogP contribution in [0.4, 0.5) is 10.5 Å². The van der Waals surface area contributed by atoms with Gasteiger partial charge in [-0.1, -0.05) is 55.8 Å². The molecule has 6 nitrogen and oxygen atoms in total. The molecule has 1 aliphatic heterocycles. The number of carbonyl (C=O) groups is 3. The lowest BCUT2D eigenvalue weighted by Crippen LogP contribution is -2.46. The third-order valence-corrected chi connectivity index (χ3v) is 5.46. The molecule has 0 spiro atoms. The van der Waals surface area contributed by atoms with Crippen LogP contribution in [-0.2, 0) is 21.5 Å². The number of rotatable bonds is 7. The second-order valence-corrected chi connectivity index (χ2v) is 8.09. The number of carbonyl (C=O) groups excluding carboxylic acids is 3. The fourth-order valence-electron chi connectivity index (χ4n) is 3.86. The van der Waals surface area contributed by atoms with Crippen LogP contribution in [0.5, 0.6) is 0 Å². The first-order valence-electron chi connectivity index (χ1n) is 10.4. The Kier molecular flexibility index (Phi) is 6.25. The average molecular weight is 408 g/mol. The summed E-state index contributed by atoms with van der Waals surface area (Å²) in [6, 6.07) is 16.3. The molecule has 1 heterocycles. The highest BCUT2D eigenvalue weighted by molar-refractivity contribution is 6.10. The van der Waals surface area contributed by atoms with Crippen molar-refractivity contribution in [1.82, 2.24) is 10.2 Å². The van der Waals surface area contributed by atoms with E-state index in [2.05, 4.69) is 12.2 Å². The predicted molar refractivity (Wildman–Crippen MR) is 117 cm³/mol. The molecular formula is C24H29N3O3. The van der Waals surface area contributed by atoms with Crippen molar-refractivity contribution < 1.29 is 14.4 Å². The Morgan fingerprint density at radius 3 is 2.27 bits per heavy atom. The number of hydrogen-bond donors (Lipinski definition) is 1. The number of urea groups is 1. The van der Waals surface area contributed by atoms with E-state index >= 15 is 0 Å². The first-order chi connectivity index (χ1) is 14.3. The van der Waals surface area contributed by atoms with Crippen molar-refractivity contribution in [3.8, 4) is 0 Å². The number of benzene rings is 2. The maximum Gasteiger partial charge on any atom is 0.325 e. The lowest BCUT2D eigenvalue weighted by atomic mass is 9.91. The zero-order valence-electron chi connectivity index (χ0n) is 18.0. The molecule has 6 heteroatoms. The standard InChI is InChI=1S/C24H29N3O3/c1-5-9-18-12-14-19(15-13-18)24(4)22(29)26(23(30)25-24)16-21(28)27(17(2)3)20-10-7-6-8-11-20/h6-8,10-15,17H,5,9,16H2,1-4H3,(H,25,30). The molecule has 1 saturated heterocycles. The van der Waals surface area contributed by atoms with Crippen molar-refractivity contribution in [1.29, 1.82) is 0 Å². The van der Waals surface area contributed by atoms with Gasteiger partial charge in [-0.2, -0.15) is 0 Å². The summed E-state index contributed by atoms with van der Waals surface area (Å²) in [5, 5.41) is 2.78. The van der Waals surface area contributed by atoms with Gasteiger partial charge in [0.05, 0.1) is 0 Å². The predicted octanol–water partition coefficient (Wildman–Crippen LogP) is 3.85. The minimum absolute atomic E-state index is 0.113. The van der Waals surface area contributed by atoms with Gasteiger partial charge in [0.1, 0.15) is 12.1 Å². The molecule has 2 aromatic rings. The van der Waals surface area contributed by atoms with Gasteiger partial charge in [-0.3, -0.25) is 14.5 Å². The van der Waals surface area contributed by atoms with Crippen LogP contribution >= 0.6 is 0 Å². The number of para-hydroxylation sites is 1. The molecule has 4 amide bonds. The molecule has 158 valence electrons. The Labute approximate surface area is 177 Å². The van der Waals surface area contributed by atoms with E-state index in [4.69, 9.17) is 0 Å². The largest absolute Gasteiger partial charge is 0.325 e. The Bertz CT molecular complexity index is 924. The van der Waals surface area contributed by atoms with Crippen molar-refractivity contribution in [2.45, 2.75) is 52.1 Å². The Hall–Kier alpha value is -3.15. The SMILES string of the molecule is CCCc1ccc(C2(C)NC(=O)N(CC(=O)N(c3ccccc3)C(C)C)C2=O)cc1. The van der Waals surface area contributed by atoms with Gasteiger partial charge in [0.2, 0.25) is 5.91 Å². The summed E-state index contributed by atoms with van der Waals surface area (Å²) >= 11 is 0. The van der Waals surface area contributed by atoms with Gasteiger partial charge in [-0.15, -0.1) is 0 Å². The number of amides is 4. The highest BCUT2D eigenvalue weighted by atomic mass is 16.2. The zero-order valence-corrected chi connectivity index (χ0v) is 18.0. The third kappa shape index (κ3) is 4.08. The van der Waals surface area contributed by atoms with Gasteiger partial charge >= 0.3 is 6.03 Å². The molecule has 1 N–H and O–H groups in total. The van der Waals surface area contributed by atoms with E-state index in [1.54, 1.807) is 11.8 Å². The average Bonchev–Trinajstić information content (AvgIpc) is 2.93. The summed E-state index contributed by atoms with van der Waals surface area (Å²) in [5.41, 5.74) is 1.44. The monoisotopic (exact) mass is 407 g/mol. The number of nitrogens with zero attached hydrogens (tertiary/aromatic N) is 2. The van der Waals surface area contributed by atoms with Crippen LogP contribution in [-0.4, -0.2) is 35.3 Å². The van der Waals surface area contributed by atoms with Gasteiger partial charge in [0, 0.05) is 11.7 Å². The van der Waals surface area contributed by atoms with Crippen LogP contribution in [0.1, 0.15) is 45.2 Å². The number of nitrogens with one attached hydrogen (secondary N) is 1. The van der Waals surface area contributed by atoms with Crippen molar-refractivity contribution in [2.24, 2.45) is 0 Å². The van der Waals surface area contributed by atoms with Crippen molar-refractivity contribution >= 4 is 23.5 Å². The van der Waals surface area contributed by atoms with E-state index in [0.717, 1.165) is 23.4 Å². The van der Waals surface area contributed by atoms with Gasteiger partial charge in [0.25, 0.3) is 5.91 Å². The molecule has 0 saturated carbocycles. The van der Waals surface area contributed by atoms with E-state index in [1.807, 2.05) is 68.4 Å². The van der Waals surface area contributed by atoms with Crippen LogP contribution in [0.25, 0.3) is 0 Å². The highest BCUT2D eigenvalue weighted by Gasteiger charge is 2.49. The molecule has 1 aliphatic rings. The van der Waals surface area contributed by atoms with E-state index < -0.39 is 17.5 Å². The van der Waals surface area contributed by atoms with Crippen LogP contribution in [0.2, 0.25) is 0 Å². The molecule has 0 aliphatic carbocycles. The van der Waals surface area contributed by atoms with Crippen LogP contribution in [0, 0.1) is 0 Å². The summed E-state index contributed by atoms with van der Waals surface area (Å²) in [4.78, 5) is 41.5. The van der Waals surface area contributed by atoms with Crippen LogP contribution in [0.3, 0.4) is 0 Å². The minimum Gasteiger partial charge on any atom is -0.319 e. The van der Waals surface area contributed by atoms with Crippen molar-refractivity contribution in [3.63, 3.8) is 0 Å². The quantitative estimate of drug-likeness (QED) is 0.709.